The van der Waals surface area contributed by atoms with E-state index in [9.17, 15) is 9.90 Å². The topological polar surface area (TPSA) is 40.5 Å². The van der Waals surface area contributed by atoms with E-state index < -0.39 is 5.97 Å². The van der Waals surface area contributed by atoms with Crippen LogP contribution in [-0.4, -0.2) is 27.6 Å². The van der Waals surface area contributed by atoms with Crippen LogP contribution in [0.2, 0.25) is 0 Å². The lowest BCUT2D eigenvalue weighted by atomic mass is 9.78. The lowest BCUT2D eigenvalue weighted by Gasteiger charge is -2.46. The maximum atomic E-state index is 11.5. The number of fused-ring (bicyclic) bond motifs is 2. The van der Waals surface area contributed by atoms with Crippen molar-refractivity contribution >= 4 is 5.97 Å². The first-order valence-electron chi connectivity index (χ1n) is 7.15. The quantitative estimate of drug-likeness (QED) is 0.907. The molecule has 3 nitrogen and oxygen atoms in total. The number of rotatable bonds is 3. The van der Waals surface area contributed by atoms with Crippen LogP contribution in [0.5, 0.6) is 0 Å². The first kappa shape index (κ1) is 12.7. The van der Waals surface area contributed by atoms with Crippen molar-refractivity contribution in [3.63, 3.8) is 0 Å². The van der Waals surface area contributed by atoms with E-state index in [1.54, 1.807) is 0 Å². The Morgan fingerprint density at radius 2 is 2.05 bits per heavy atom. The normalized spacial score (nSPS) is 34.4. The van der Waals surface area contributed by atoms with Gasteiger partial charge in [0, 0.05) is 18.1 Å². The summed E-state index contributed by atoms with van der Waals surface area (Å²) in [6, 6.07) is 11.0. The van der Waals surface area contributed by atoms with Gasteiger partial charge in [0.1, 0.15) is 0 Å². The predicted molar refractivity (Wildman–Crippen MR) is 73.8 cm³/mol. The molecule has 0 saturated carbocycles. The highest BCUT2D eigenvalue weighted by Crippen LogP contribution is 2.48. The molecule has 3 rings (SSSR count). The van der Waals surface area contributed by atoms with Crippen molar-refractivity contribution in [2.45, 2.75) is 50.7 Å². The van der Waals surface area contributed by atoms with Gasteiger partial charge >= 0.3 is 5.97 Å². The standard InChI is InChI=1S/C16H21NO2/c1-16-10-9-13(7-8-14(16)15(18)19)17(16)11-12-5-3-2-4-6-12/h2-6,13-14H,7-11H2,1H3,(H,18,19). The molecule has 2 bridgehead atoms. The van der Waals surface area contributed by atoms with Gasteiger partial charge in [-0.3, -0.25) is 9.69 Å². The maximum absolute atomic E-state index is 11.5. The maximum Gasteiger partial charge on any atom is 0.308 e. The lowest BCUT2D eigenvalue weighted by molar-refractivity contribution is -0.150. The highest BCUT2D eigenvalue weighted by Gasteiger charge is 2.53. The van der Waals surface area contributed by atoms with Crippen LogP contribution in [0.4, 0.5) is 0 Å². The van der Waals surface area contributed by atoms with Crippen LogP contribution < -0.4 is 0 Å². The molecule has 1 N–H and O–H groups in total. The number of carboxylic acids is 1. The third kappa shape index (κ3) is 2.06. The fraction of sp³-hybridized carbons (Fsp3) is 0.562. The molecule has 3 heteroatoms. The van der Waals surface area contributed by atoms with Gasteiger partial charge in [0.25, 0.3) is 0 Å². The number of aliphatic carboxylic acids is 1. The zero-order valence-electron chi connectivity index (χ0n) is 11.4. The molecule has 2 fully saturated rings. The zero-order chi connectivity index (χ0) is 13.5. The Morgan fingerprint density at radius 1 is 1.32 bits per heavy atom. The molecule has 2 saturated heterocycles. The van der Waals surface area contributed by atoms with Crippen LogP contribution >= 0.6 is 0 Å². The average Bonchev–Trinajstić information content (AvgIpc) is 2.59. The van der Waals surface area contributed by atoms with Gasteiger partial charge in [-0.15, -0.1) is 0 Å². The minimum Gasteiger partial charge on any atom is -0.481 e. The molecule has 3 unspecified atom stereocenters. The Kier molecular flexibility index (Phi) is 3.09. The number of hydrogen-bond donors (Lipinski definition) is 1. The van der Waals surface area contributed by atoms with Gasteiger partial charge in [-0.2, -0.15) is 0 Å². The van der Waals surface area contributed by atoms with E-state index in [-0.39, 0.29) is 11.5 Å². The number of benzene rings is 1. The number of carbonyl (C=O) groups is 1. The second kappa shape index (κ2) is 4.64. The van der Waals surface area contributed by atoms with Crippen molar-refractivity contribution in [2.24, 2.45) is 5.92 Å². The van der Waals surface area contributed by atoms with Crippen molar-refractivity contribution in [3.05, 3.63) is 35.9 Å². The number of carboxylic acid groups (broad SMARTS) is 1. The molecule has 0 spiro atoms. The molecular weight excluding hydrogens is 238 g/mol. The number of nitrogens with zero attached hydrogens (tertiary/aromatic N) is 1. The van der Waals surface area contributed by atoms with Crippen LogP contribution in [0.1, 0.15) is 38.2 Å². The van der Waals surface area contributed by atoms with Gasteiger partial charge in [-0.05, 0) is 38.2 Å². The molecular formula is C16H21NO2. The molecule has 0 aromatic heterocycles. The van der Waals surface area contributed by atoms with Crippen molar-refractivity contribution in [1.29, 1.82) is 0 Å². The minimum absolute atomic E-state index is 0.162. The highest BCUT2D eigenvalue weighted by atomic mass is 16.4. The number of piperidine rings is 1. The predicted octanol–water partition coefficient (Wildman–Crippen LogP) is 2.90. The number of hydrogen-bond acceptors (Lipinski definition) is 2. The van der Waals surface area contributed by atoms with Gasteiger partial charge in [-0.25, -0.2) is 0 Å². The van der Waals surface area contributed by atoms with E-state index in [4.69, 9.17) is 0 Å². The van der Waals surface area contributed by atoms with E-state index in [2.05, 4.69) is 36.1 Å². The lowest BCUT2D eigenvalue weighted by Crippen LogP contribution is -2.55. The molecule has 0 radical (unpaired) electrons. The Labute approximate surface area is 114 Å². The zero-order valence-corrected chi connectivity index (χ0v) is 11.4. The summed E-state index contributed by atoms with van der Waals surface area (Å²) in [5.74, 6) is -0.837. The third-order valence-electron chi connectivity index (χ3n) is 5.11. The van der Waals surface area contributed by atoms with Crippen molar-refractivity contribution in [3.8, 4) is 0 Å². The van der Waals surface area contributed by atoms with E-state index in [0.717, 1.165) is 32.2 Å². The summed E-state index contributed by atoms with van der Waals surface area (Å²) in [5, 5.41) is 9.48. The fourth-order valence-corrected chi connectivity index (χ4v) is 4.00. The SMILES string of the molecule is CC12CCC(CCC1C(=O)O)N2Cc1ccccc1. The first-order valence-corrected chi connectivity index (χ1v) is 7.15. The van der Waals surface area contributed by atoms with Crippen LogP contribution in [0, 0.1) is 5.92 Å². The fourth-order valence-electron chi connectivity index (χ4n) is 4.00. The molecule has 19 heavy (non-hydrogen) atoms. The molecule has 2 aliphatic heterocycles. The molecule has 3 atom stereocenters. The summed E-state index contributed by atoms with van der Waals surface area (Å²) in [5.41, 5.74) is 1.12. The second-order valence-electron chi connectivity index (χ2n) is 6.13. The Bertz CT molecular complexity index is 473. The van der Waals surface area contributed by atoms with Crippen molar-refractivity contribution < 1.29 is 9.90 Å². The van der Waals surface area contributed by atoms with Gasteiger partial charge in [0.15, 0.2) is 0 Å². The Balaban J connectivity index is 1.86. The molecule has 102 valence electrons. The van der Waals surface area contributed by atoms with Crippen molar-refractivity contribution in [2.75, 3.05) is 0 Å². The van der Waals surface area contributed by atoms with Crippen molar-refractivity contribution in [1.82, 2.24) is 4.90 Å². The Morgan fingerprint density at radius 3 is 2.74 bits per heavy atom. The molecule has 1 aromatic carbocycles. The van der Waals surface area contributed by atoms with E-state index in [1.165, 1.54) is 5.56 Å². The summed E-state index contributed by atoms with van der Waals surface area (Å²) in [6.07, 6.45) is 4.02. The van der Waals surface area contributed by atoms with Gasteiger partial charge in [0.05, 0.1) is 5.92 Å². The van der Waals surface area contributed by atoms with Gasteiger partial charge in [0.2, 0.25) is 0 Å². The first-order chi connectivity index (χ1) is 9.11. The largest absolute Gasteiger partial charge is 0.481 e. The monoisotopic (exact) mass is 259 g/mol. The Hall–Kier alpha value is -1.35. The molecule has 0 aliphatic carbocycles. The summed E-state index contributed by atoms with van der Waals surface area (Å²) in [7, 11) is 0. The second-order valence-corrected chi connectivity index (χ2v) is 6.13. The van der Waals surface area contributed by atoms with E-state index in [0.29, 0.717) is 6.04 Å². The summed E-state index contributed by atoms with van der Waals surface area (Å²) < 4.78 is 0. The van der Waals surface area contributed by atoms with Gasteiger partial charge < -0.3 is 5.11 Å². The van der Waals surface area contributed by atoms with E-state index in [1.807, 2.05) is 6.07 Å². The smallest absolute Gasteiger partial charge is 0.308 e. The third-order valence-corrected chi connectivity index (χ3v) is 5.11. The summed E-state index contributed by atoms with van der Waals surface area (Å²) >= 11 is 0. The van der Waals surface area contributed by atoms with Crippen LogP contribution in [-0.2, 0) is 11.3 Å². The average molecular weight is 259 g/mol. The van der Waals surface area contributed by atoms with Crippen LogP contribution in [0.25, 0.3) is 0 Å². The highest BCUT2D eigenvalue weighted by molar-refractivity contribution is 5.72. The van der Waals surface area contributed by atoms with E-state index >= 15 is 0 Å². The van der Waals surface area contributed by atoms with Gasteiger partial charge in [-0.1, -0.05) is 30.3 Å². The minimum atomic E-state index is -0.624. The molecule has 1 aromatic rings. The summed E-state index contributed by atoms with van der Waals surface area (Å²) in [6.45, 7) is 3.03. The summed E-state index contributed by atoms with van der Waals surface area (Å²) in [4.78, 5) is 14.0. The molecule has 0 amide bonds. The van der Waals surface area contributed by atoms with Crippen LogP contribution in [0.3, 0.4) is 0 Å². The molecule has 2 aliphatic rings. The molecule has 2 heterocycles. The van der Waals surface area contributed by atoms with Crippen LogP contribution in [0.15, 0.2) is 30.3 Å².